The zero-order chi connectivity index (χ0) is 10.7. The Bertz CT molecular complexity index is 357. The summed E-state index contributed by atoms with van der Waals surface area (Å²) in [5.41, 5.74) is 0.315. The van der Waals surface area contributed by atoms with Gasteiger partial charge in [0.25, 0.3) is 5.69 Å². The predicted molar refractivity (Wildman–Crippen MR) is 59.9 cm³/mol. The summed E-state index contributed by atoms with van der Waals surface area (Å²) in [5, 5.41) is 10.7. The Morgan fingerprint density at radius 1 is 1.64 bits per heavy atom. The minimum Gasteiger partial charge on any atom is -0.258 e. The van der Waals surface area contributed by atoms with E-state index >= 15 is 0 Å². The first kappa shape index (κ1) is 11.4. The molecule has 0 spiro atoms. The lowest BCUT2D eigenvalue weighted by atomic mass is 10.0. The van der Waals surface area contributed by atoms with Crippen molar-refractivity contribution >= 4 is 28.3 Å². The molecular weight excluding hydrogens is 300 g/mol. The lowest BCUT2D eigenvalue weighted by molar-refractivity contribution is -0.386. The van der Waals surface area contributed by atoms with Crippen LogP contribution in [0.5, 0.6) is 0 Å². The van der Waals surface area contributed by atoms with Crippen LogP contribution < -0.4 is 0 Å². The van der Waals surface area contributed by atoms with E-state index in [4.69, 9.17) is 0 Å². The second-order valence-electron chi connectivity index (χ2n) is 2.79. The average Bonchev–Trinajstić information content (AvgIpc) is 2.15. The molecule has 0 fully saturated rings. The van der Waals surface area contributed by atoms with Crippen molar-refractivity contribution in [2.75, 3.05) is 6.67 Å². The maximum Gasteiger partial charge on any atom is 0.286 e. The molecule has 3 nitrogen and oxygen atoms in total. The highest BCUT2D eigenvalue weighted by molar-refractivity contribution is 14.1. The number of rotatable bonds is 3. The number of nitrogens with zero attached hydrogens (tertiary/aromatic N) is 1. The van der Waals surface area contributed by atoms with Crippen LogP contribution in [0.15, 0.2) is 18.2 Å². The van der Waals surface area contributed by atoms with Crippen LogP contribution in [0.2, 0.25) is 0 Å². The van der Waals surface area contributed by atoms with Crippen molar-refractivity contribution in [2.24, 2.45) is 0 Å². The zero-order valence-corrected chi connectivity index (χ0v) is 9.40. The van der Waals surface area contributed by atoms with Gasteiger partial charge in [-0.25, -0.2) is 0 Å². The molecule has 0 bridgehead atoms. The van der Waals surface area contributed by atoms with Crippen LogP contribution in [0, 0.1) is 20.6 Å². The molecule has 1 aromatic rings. The summed E-state index contributed by atoms with van der Waals surface area (Å²) in [4.78, 5) is 10.2. The summed E-state index contributed by atoms with van der Waals surface area (Å²) in [6.45, 7) is 2.83. The second kappa shape index (κ2) is 4.68. The smallest absolute Gasteiger partial charge is 0.258 e. The fourth-order valence-corrected chi connectivity index (χ4v) is 1.85. The van der Waals surface area contributed by atoms with Gasteiger partial charge < -0.3 is 0 Å². The number of benzene rings is 1. The third-order valence-electron chi connectivity index (χ3n) is 1.83. The van der Waals surface area contributed by atoms with Gasteiger partial charge in [0.1, 0.15) is 0 Å². The third kappa shape index (κ3) is 2.20. The molecule has 0 amide bonds. The standard InChI is InChI=1S/C9H8FINO2/c1-6(5-10)7-3-2-4-8(11)9(7)12(13)14/h2-4,6H,1,5H2. The summed E-state index contributed by atoms with van der Waals surface area (Å²) in [6, 6.07) is 4.82. The van der Waals surface area contributed by atoms with Crippen LogP contribution in [-0.4, -0.2) is 11.6 Å². The molecule has 14 heavy (non-hydrogen) atoms. The zero-order valence-electron chi connectivity index (χ0n) is 7.24. The van der Waals surface area contributed by atoms with Gasteiger partial charge in [-0.15, -0.1) is 0 Å². The summed E-state index contributed by atoms with van der Waals surface area (Å²) in [6.07, 6.45) is 0. The Hall–Kier alpha value is -0.720. The van der Waals surface area contributed by atoms with E-state index in [0.717, 1.165) is 0 Å². The van der Waals surface area contributed by atoms with E-state index in [1.54, 1.807) is 12.1 Å². The van der Waals surface area contributed by atoms with Crippen molar-refractivity contribution in [3.05, 3.63) is 44.4 Å². The molecule has 75 valence electrons. The van der Waals surface area contributed by atoms with Gasteiger partial charge in [-0.3, -0.25) is 14.5 Å². The van der Waals surface area contributed by atoms with Crippen molar-refractivity contribution in [3.63, 3.8) is 0 Å². The molecule has 0 aromatic heterocycles. The molecule has 1 atom stereocenters. The van der Waals surface area contributed by atoms with E-state index in [-0.39, 0.29) is 5.69 Å². The van der Waals surface area contributed by atoms with E-state index < -0.39 is 17.5 Å². The summed E-state index contributed by atoms with van der Waals surface area (Å²) in [5.74, 6) is -0.676. The predicted octanol–water partition coefficient (Wildman–Crippen LogP) is 3.09. The Balaban J connectivity index is 3.28. The minimum atomic E-state index is -0.694. The van der Waals surface area contributed by atoms with Crippen LogP contribution in [0.25, 0.3) is 0 Å². The highest BCUT2D eigenvalue weighted by atomic mass is 127. The van der Waals surface area contributed by atoms with E-state index in [2.05, 4.69) is 6.92 Å². The summed E-state index contributed by atoms with van der Waals surface area (Å²) < 4.78 is 12.9. The molecule has 0 N–H and O–H groups in total. The van der Waals surface area contributed by atoms with Crippen molar-refractivity contribution in [1.82, 2.24) is 0 Å². The van der Waals surface area contributed by atoms with Gasteiger partial charge in [0.15, 0.2) is 0 Å². The van der Waals surface area contributed by atoms with Crippen molar-refractivity contribution in [2.45, 2.75) is 5.92 Å². The fourth-order valence-electron chi connectivity index (χ4n) is 1.14. The molecule has 1 rings (SSSR count). The quantitative estimate of drug-likeness (QED) is 0.489. The average molecular weight is 308 g/mol. The highest BCUT2D eigenvalue weighted by Gasteiger charge is 2.21. The lowest BCUT2D eigenvalue weighted by Crippen LogP contribution is -2.03. The number of halogens is 2. The Labute approximate surface area is 94.6 Å². The topological polar surface area (TPSA) is 43.1 Å². The van der Waals surface area contributed by atoms with E-state index in [1.165, 1.54) is 6.07 Å². The normalized spacial score (nSPS) is 12.5. The SMILES string of the molecule is [CH2]C(CF)c1cccc(I)c1[N+](=O)[O-]. The number of hydrogen-bond acceptors (Lipinski definition) is 2. The number of alkyl halides is 1. The Morgan fingerprint density at radius 3 is 2.79 bits per heavy atom. The number of para-hydroxylation sites is 1. The number of nitro groups is 1. The van der Waals surface area contributed by atoms with Crippen LogP contribution in [0.4, 0.5) is 10.1 Å². The Kier molecular flexibility index (Phi) is 3.79. The first-order valence-electron chi connectivity index (χ1n) is 3.89. The molecular formula is C9H8FINO2. The van der Waals surface area contributed by atoms with Gasteiger partial charge in [-0.2, -0.15) is 0 Å². The molecule has 0 aliphatic rings. The third-order valence-corrected chi connectivity index (χ3v) is 2.70. The first-order valence-corrected chi connectivity index (χ1v) is 4.97. The molecule has 0 aliphatic heterocycles. The molecule has 1 aromatic carbocycles. The van der Waals surface area contributed by atoms with Crippen molar-refractivity contribution in [1.29, 1.82) is 0 Å². The van der Waals surface area contributed by atoms with E-state index in [9.17, 15) is 14.5 Å². The molecule has 1 unspecified atom stereocenters. The van der Waals surface area contributed by atoms with E-state index in [1.807, 2.05) is 22.6 Å². The highest BCUT2D eigenvalue weighted by Crippen LogP contribution is 2.30. The lowest BCUT2D eigenvalue weighted by Gasteiger charge is -2.08. The van der Waals surface area contributed by atoms with Gasteiger partial charge in [0, 0.05) is 11.5 Å². The Morgan fingerprint density at radius 2 is 2.29 bits per heavy atom. The van der Waals surface area contributed by atoms with Crippen LogP contribution in [0.1, 0.15) is 11.5 Å². The number of nitro benzene ring substituents is 1. The van der Waals surface area contributed by atoms with Crippen molar-refractivity contribution in [3.8, 4) is 0 Å². The van der Waals surface area contributed by atoms with Gasteiger partial charge in [-0.05, 0) is 35.6 Å². The van der Waals surface area contributed by atoms with Gasteiger partial charge >= 0.3 is 0 Å². The molecule has 1 radical (unpaired) electrons. The fraction of sp³-hybridized carbons (Fsp3) is 0.222. The van der Waals surface area contributed by atoms with E-state index in [0.29, 0.717) is 9.13 Å². The number of hydrogen-bond donors (Lipinski definition) is 0. The molecule has 5 heteroatoms. The molecule has 0 saturated carbocycles. The van der Waals surface area contributed by atoms with Gasteiger partial charge in [0.2, 0.25) is 0 Å². The summed E-state index contributed by atoms with van der Waals surface area (Å²) >= 11 is 1.86. The van der Waals surface area contributed by atoms with Crippen LogP contribution in [0.3, 0.4) is 0 Å². The van der Waals surface area contributed by atoms with Crippen molar-refractivity contribution < 1.29 is 9.31 Å². The first-order chi connectivity index (χ1) is 6.57. The molecule has 0 aliphatic carbocycles. The van der Waals surface area contributed by atoms with Gasteiger partial charge in [0.05, 0.1) is 15.2 Å². The second-order valence-corrected chi connectivity index (χ2v) is 3.95. The van der Waals surface area contributed by atoms with Crippen LogP contribution >= 0.6 is 22.6 Å². The minimum absolute atomic E-state index is 0.0363. The molecule has 0 heterocycles. The largest absolute Gasteiger partial charge is 0.286 e. The summed E-state index contributed by atoms with van der Waals surface area (Å²) in [7, 11) is 0. The van der Waals surface area contributed by atoms with Crippen LogP contribution in [-0.2, 0) is 0 Å². The molecule has 0 saturated heterocycles. The maximum absolute atomic E-state index is 12.4. The maximum atomic E-state index is 12.4. The monoisotopic (exact) mass is 308 g/mol. The van der Waals surface area contributed by atoms with Gasteiger partial charge in [-0.1, -0.05) is 12.1 Å².